The Morgan fingerprint density at radius 3 is 2.64 bits per heavy atom. The first-order chi connectivity index (χ1) is 15.7. The number of nitrogens with one attached hydrogen (secondary N) is 2. The predicted octanol–water partition coefficient (Wildman–Crippen LogP) is 3.52. The molecule has 0 fully saturated rings. The van der Waals surface area contributed by atoms with Gasteiger partial charge in [-0.1, -0.05) is 0 Å². The van der Waals surface area contributed by atoms with E-state index in [1.165, 1.54) is 23.5 Å². The number of ether oxygens (including phenoxy) is 2. The van der Waals surface area contributed by atoms with E-state index in [4.69, 9.17) is 9.47 Å². The van der Waals surface area contributed by atoms with Gasteiger partial charge in [-0.15, -0.1) is 11.3 Å². The van der Waals surface area contributed by atoms with E-state index < -0.39 is 9.84 Å². The van der Waals surface area contributed by atoms with Gasteiger partial charge in [-0.2, -0.15) is 0 Å². The number of thiazole rings is 1. The fraction of sp³-hybridized carbons (Fsp3) is 0.318. The molecule has 0 aliphatic carbocycles. The highest BCUT2D eigenvalue weighted by atomic mass is 32.2. The molecule has 2 heterocycles. The lowest BCUT2D eigenvalue weighted by Gasteiger charge is -2.15. The molecule has 0 atom stereocenters. The molecule has 1 amide bonds. The second kappa shape index (κ2) is 10.7. The van der Waals surface area contributed by atoms with Crippen molar-refractivity contribution in [1.82, 2.24) is 15.3 Å². The molecule has 176 valence electrons. The van der Waals surface area contributed by atoms with Crippen molar-refractivity contribution in [1.29, 1.82) is 0 Å². The minimum atomic E-state index is -3.38. The van der Waals surface area contributed by atoms with Crippen LogP contribution in [0.4, 0.5) is 10.8 Å². The second-order valence-electron chi connectivity index (χ2n) is 7.44. The third-order valence-corrected chi connectivity index (χ3v) is 6.24. The number of carbonyl (C=O) groups is 1. The molecule has 0 bridgehead atoms. The van der Waals surface area contributed by atoms with Gasteiger partial charge in [0.15, 0.2) is 15.0 Å². The van der Waals surface area contributed by atoms with E-state index in [9.17, 15) is 13.2 Å². The Kier molecular flexibility index (Phi) is 8.01. The number of sulfone groups is 1. The first kappa shape index (κ1) is 24.6. The molecule has 0 radical (unpaired) electrons. The number of methoxy groups -OCH3 is 1. The number of hydrogen-bond acceptors (Lipinski definition) is 9. The van der Waals surface area contributed by atoms with Crippen LogP contribution in [0.3, 0.4) is 0 Å². The average Bonchev–Trinajstić information content (AvgIpc) is 3.22. The smallest absolute Gasteiger partial charge is 0.269 e. The van der Waals surface area contributed by atoms with Gasteiger partial charge in [0, 0.05) is 37.1 Å². The lowest BCUT2D eigenvalue weighted by molar-refractivity contribution is 0.0932. The Morgan fingerprint density at radius 1 is 1.21 bits per heavy atom. The van der Waals surface area contributed by atoms with Gasteiger partial charge < -0.3 is 20.1 Å². The van der Waals surface area contributed by atoms with Crippen molar-refractivity contribution in [3.63, 3.8) is 0 Å². The zero-order valence-electron chi connectivity index (χ0n) is 18.8. The van der Waals surface area contributed by atoms with Gasteiger partial charge in [-0.25, -0.2) is 13.4 Å². The maximum atomic E-state index is 12.1. The van der Waals surface area contributed by atoms with Crippen molar-refractivity contribution in [2.75, 3.05) is 31.8 Å². The highest BCUT2D eigenvalue weighted by molar-refractivity contribution is 7.90. The van der Waals surface area contributed by atoms with E-state index in [0.29, 0.717) is 41.1 Å². The highest BCUT2D eigenvalue weighted by Crippen LogP contribution is 2.33. The molecule has 0 unspecified atom stereocenters. The summed E-state index contributed by atoms with van der Waals surface area (Å²) < 4.78 is 34.7. The van der Waals surface area contributed by atoms with Crippen molar-refractivity contribution in [2.24, 2.45) is 0 Å². The van der Waals surface area contributed by atoms with Crippen molar-refractivity contribution in [3.8, 4) is 17.0 Å². The monoisotopic (exact) mass is 490 g/mol. The van der Waals surface area contributed by atoms with E-state index in [2.05, 4.69) is 20.6 Å². The zero-order valence-corrected chi connectivity index (χ0v) is 20.4. The third-order valence-electron chi connectivity index (χ3n) is 4.37. The summed E-state index contributed by atoms with van der Waals surface area (Å²) in [6.45, 7) is 4.62. The van der Waals surface area contributed by atoms with Gasteiger partial charge in [-0.3, -0.25) is 9.78 Å². The molecule has 2 N–H and O–H groups in total. The summed E-state index contributed by atoms with van der Waals surface area (Å²) in [5.41, 5.74) is 2.23. The minimum absolute atomic E-state index is 0.0854. The fourth-order valence-corrected chi connectivity index (χ4v) is 4.19. The molecule has 0 aliphatic rings. The molecule has 2 aromatic heterocycles. The van der Waals surface area contributed by atoms with E-state index in [-0.39, 0.29) is 16.9 Å². The molecule has 9 nitrogen and oxygen atoms in total. The number of hydrogen-bond donors (Lipinski definition) is 2. The standard InChI is InChI=1S/C22H26N4O5S2/c1-14(2)31-20-8-6-16(33(4,28)29)11-18(20)25-22-26-19(13-32-22)15-5-7-17(24-12-15)21(27)23-9-10-30-3/h5-8,11-14H,9-10H2,1-4H3,(H,23,27)(H,25,26). The Hall–Kier alpha value is -3.02. The fourth-order valence-electron chi connectivity index (χ4n) is 2.81. The molecular weight excluding hydrogens is 464 g/mol. The first-order valence-corrected chi connectivity index (χ1v) is 12.9. The van der Waals surface area contributed by atoms with Crippen molar-refractivity contribution < 1.29 is 22.7 Å². The van der Waals surface area contributed by atoms with Crippen LogP contribution in [0, 0.1) is 0 Å². The molecule has 3 aromatic rings. The van der Waals surface area contributed by atoms with Gasteiger partial charge in [0.1, 0.15) is 11.4 Å². The number of carbonyl (C=O) groups excluding carboxylic acids is 1. The van der Waals surface area contributed by atoms with Crippen molar-refractivity contribution in [2.45, 2.75) is 24.8 Å². The van der Waals surface area contributed by atoms with Gasteiger partial charge in [0.25, 0.3) is 5.91 Å². The minimum Gasteiger partial charge on any atom is -0.489 e. The molecule has 1 aromatic carbocycles. The Morgan fingerprint density at radius 2 is 2.00 bits per heavy atom. The maximum absolute atomic E-state index is 12.1. The quantitative estimate of drug-likeness (QED) is 0.414. The maximum Gasteiger partial charge on any atom is 0.269 e. The van der Waals surface area contributed by atoms with Gasteiger partial charge >= 0.3 is 0 Å². The molecule has 0 saturated carbocycles. The molecule has 0 saturated heterocycles. The van der Waals surface area contributed by atoms with Gasteiger partial charge in [-0.05, 0) is 44.2 Å². The third kappa shape index (κ3) is 6.73. The summed E-state index contributed by atoms with van der Waals surface area (Å²) in [4.78, 5) is 21.0. The molecule has 11 heteroatoms. The Balaban J connectivity index is 1.79. The van der Waals surface area contributed by atoms with Crippen LogP contribution >= 0.6 is 11.3 Å². The van der Waals surface area contributed by atoms with Crippen LogP contribution in [0.1, 0.15) is 24.3 Å². The van der Waals surface area contributed by atoms with Gasteiger partial charge in [0.2, 0.25) is 0 Å². The summed E-state index contributed by atoms with van der Waals surface area (Å²) in [6, 6.07) is 8.09. The molecular formula is C22H26N4O5S2. The normalized spacial score (nSPS) is 11.4. The largest absolute Gasteiger partial charge is 0.489 e. The number of anilines is 2. The number of benzene rings is 1. The average molecular weight is 491 g/mol. The van der Waals surface area contributed by atoms with E-state index in [1.807, 2.05) is 19.2 Å². The number of rotatable bonds is 10. The number of aromatic nitrogens is 2. The van der Waals surface area contributed by atoms with E-state index in [1.54, 1.807) is 31.5 Å². The summed E-state index contributed by atoms with van der Waals surface area (Å²) in [5.74, 6) is 0.252. The summed E-state index contributed by atoms with van der Waals surface area (Å²) in [7, 11) is -1.81. The van der Waals surface area contributed by atoms with Crippen LogP contribution in [0.25, 0.3) is 11.3 Å². The molecule has 0 aliphatic heterocycles. The van der Waals surface area contributed by atoms with Crippen molar-refractivity contribution >= 4 is 37.9 Å². The molecule has 3 rings (SSSR count). The number of nitrogens with zero attached hydrogens (tertiary/aromatic N) is 2. The summed E-state index contributed by atoms with van der Waals surface area (Å²) in [5, 5.41) is 8.29. The number of amides is 1. The topological polar surface area (TPSA) is 120 Å². The zero-order chi connectivity index (χ0) is 24.0. The van der Waals surface area contributed by atoms with Crippen LogP contribution in [0.5, 0.6) is 5.75 Å². The second-order valence-corrected chi connectivity index (χ2v) is 10.3. The van der Waals surface area contributed by atoms with Crippen LogP contribution in [0.15, 0.2) is 46.8 Å². The number of pyridine rings is 1. The van der Waals surface area contributed by atoms with Crippen molar-refractivity contribution in [3.05, 3.63) is 47.6 Å². The SMILES string of the molecule is COCCNC(=O)c1ccc(-c2csc(Nc3cc(S(C)(=O)=O)ccc3OC(C)C)n2)cn1. The van der Waals surface area contributed by atoms with Crippen LogP contribution in [-0.4, -0.2) is 56.9 Å². The Bertz CT molecular complexity index is 1210. The first-order valence-electron chi connectivity index (χ1n) is 10.1. The lowest BCUT2D eigenvalue weighted by Crippen LogP contribution is -2.27. The highest BCUT2D eigenvalue weighted by Gasteiger charge is 2.15. The lowest BCUT2D eigenvalue weighted by atomic mass is 10.2. The van der Waals surface area contributed by atoms with E-state index >= 15 is 0 Å². The predicted molar refractivity (Wildman–Crippen MR) is 128 cm³/mol. The summed E-state index contributed by atoms with van der Waals surface area (Å²) >= 11 is 1.36. The Labute approximate surface area is 197 Å². The molecule has 0 spiro atoms. The van der Waals surface area contributed by atoms with E-state index in [0.717, 1.165) is 11.8 Å². The molecule has 33 heavy (non-hydrogen) atoms. The van der Waals surface area contributed by atoms with Gasteiger partial charge in [0.05, 0.1) is 29.0 Å². The van der Waals surface area contributed by atoms with Crippen LogP contribution in [-0.2, 0) is 14.6 Å². The summed E-state index contributed by atoms with van der Waals surface area (Å²) in [6.07, 6.45) is 2.66. The van der Waals surface area contributed by atoms with Crippen LogP contribution < -0.4 is 15.4 Å². The van der Waals surface area contributed by atoms with Crippen LogP contribution in [0.2, 0.25) is 0 Å².